The van der Waals surface area contributed by atoms with Crippen LogP contribution in [0, 0.1) is 11.3 Å². The van der Waals surface area contributed by atoms with Crippen LogP contribution in [0.4, 0.5) is 10.1 Å². The van der Waals surface area contributed by atoms with E-state index >= 15 is 4.39 Å². The van der Waals surface area contributed by atoms with E-state index in [9.17, 15) is 15.2 Å². The first kappa shape index (κ1) is 27.1. The van der Waals surface area contributed by atoms with Crippen LogP contribution < -0.4 is 10.6 Å². The number of halogens is 1. The van der Waals surface area contributed by atoms with Gasteiger partial charge in [-0.15, -0.1) is 0 Å². The van der Waals surface area contributed by atoms with Crippen LogP contribution in [-0.4, -0.2) is 59.9 Å². The molecule has 1 aliphatic carbocycles. The molecule has 1 fully saturated rings. The van der Waals surface area contributed by atoms with Crippen LogP contribution >= 0.6 is 0 Å². The second kappa shape index (κ2) is 11.0. The summed E-state index contributed by atoms with van der Waals surface area (Å²) in [6.07, 6.45) is 9.61. The van der Waals surface area contributed by atoms with E-state index in [1.807, 2.05) is 29.4 Å². The second-order valence-electron chi connectivity index (χ2n) is 10.8. The number of primary amides is 1. The molecule has 4 heterocycles. The van der Waals surface area contributed by atoms with Crippen molar-refractivity contribution in [1.82, 2.24) is 24.6 Å². The molecule has 0 aliphatic heterocycles. The number of anilines is 1. The number of amides is 1. The first-order chi connectivity index (χ1) is 19.2. The highest BCUT2D eigenvalue weighted by Crippen LogP contribution is 2.38. The lowest BCUT2D eigenvalue weighted by Crippen LogP contribution is -2.48. The van der Waals surface area contributed by atoms with Crippen LogP contribution in [0.2, 0.25) is 0 Å². The third-order valence-electron chi connectivity index (χ3n) is 7.66. The molecule has 0 bridgehead atoms. The number of hydrogen-bond acceptors (Lipinski definition) is 8. The van der Waals surface area contributed by atoms with Crippen molar-refractivity contribution in [2.24, 2.45) is 5.73 Å². The highest BCUT2D eigenvalue weighted by atomic mass is 19.1. The van der Waals surface area contributed by atoms with E-state index in [2.05, 4.69) is 26.1 Å². The normalized spacial score (nSPS) is 18.3. The quantitative estimate of drug-likeness (QED) is 0.342. The minimum Gasteiger partial charge on any atom is -0.387 e. The maximum Gasteiger partial charge on any atom is 0.252 e. The van der Waals surface area contributed by atoms with Crippen LogP contribution in [0.5, 0.6) is 0 Å². The third-order valence-corrected chi connectivity index (χ3v) is 7.66. The van der Waals surface area contributed by atoms with Crippen LogP contribution in [0.3, 0.4) is 0 Å². The Balaban J connectivity index is 1.54. The lowest BCUT2D eigenvalue weighted by atomic mass is 9.81. The topological polar surface area (TPSA) is 146 Å². The molecule has 4 aromatic rings. The number of carbonyl (C=O) groups is 1. The third kappa shape index (κ3) is 5.49. The lowest BCUT2D eigenvalue weighted by Gasteiger charge is -2.41. The molecule has 5 rings (SSSR count). The molecule has 0 radical (unpaired) electrons. The molecule has 0 saturated heterocycles. The summed E-state index contributed by atoms with van der Waals surface area (Å²) in [5.74, 6) is -0.389. The molecular weight excluding hydrogens is 511 g/mol. The number of carbonyl (C=O) groups excluding carboxylic acids is 1. The van der Waals surface area contributed by atoms with Crippen LogP contribution in [0.25, 0.3) is 16.9 Å². The summed E-state index contributed by atoms with van der Waals surface area (Å²) in [5.41, 5.74) is 8.19. The Morgan fingerprint density at radius 3 is 2.58 bits per heavy atom. The van der Waals surface area contributed by atoms with E-state index in [1.165, 1.54) is 32.6 Å². The molecular formula is C29H31FN8O2. The van der Waals surface area contributed by atoms with Gasteiger partial charge in [-0.1, -0.05) is 0 Å². The predicted molar refractivity (Wildman–Crippen MR) is 147 cm³/mol. The minimum atomic E-state index is -1.59. The zero-order chi connectivity index (χ0) is 28.4. The molecule has 0 spiro atoms. The van der Waals surface area contributed by atoms with Crippen molar-refractivity contribution < 1.29 is 14.3 Å². The van der Waals surface area contributed by atoms with Gasteiger partial charge in [0.2, 0.25) is 0 Å². The zero-order valence-corrected chi connectivity index (χ0v) is 22.4. The van der Waals surface area contributed by atoms with Crippen molar-refractivity contribution in [2.75, 3.05) is 11.4 Å². The van der Waals surface area contributed by atoms with Gasteiger partial charge in [-0.2, -0.15) is 10.4 Å². The van der Waals surface area contributed by atoms with Crippen LogP contribution in [0.1, 0.15) is 66.9 Å². The molecule has 206 valence electrons. The van der Waals surface area contributed by atoms with Gasteiger partial charge >= 0.3 is 0 Å². The maximum absolute atomic E-state index is 15.4. The maximum atomic E-state index is 15.4. The summed E-state index contributed by atoms with van der Waals surface area (Å²) in [6.45, 7) is 2.74. The molecule has 0 aromatic carbocycles. The number of hydrogen-bond donors (Lipinski definition) is 2. The largest absolute Gasteiger partial charge is 0.387 e. The van der Waals surface area contributed by atoms with Crippen LogP contribution in [-0.2, 0) is 0 Å². The summed E-state index contributed by atoms with van der Waals surface area (Å²) in [6, 6.07) is 9.08. The summed E-state index contributed by atoms with van der Waals surface area (Å²) in [4.78, 5) is 27.2. The number of nitriles is 1. The van der Waals surface area contributed by atoms with E-state index < -0.39 is 17.7 Å². The fourth-order valence-corrected chi connectivity index (χ4v) is 5.35. The monoisotopic (exact) mass is 542 g/mol. The first-order valence-electron chi connectivity index (χ1n) is 13.2. The van der Waals surface area contributed by atoms with Crippen molar-refractivity contribution in [3.63, 3.8) is 0 Å². The van der Waals surface area contributed by atoms with Gasteiger partial charge in [-0.3, -0.25) is 9.78 Å². The smallest absolute Gasteiger partial charge is 0.252 e. The highest BCUT2D eigenvalue weighted by Gasteiger charge is 2.35. The summed E-state index contributed by atoms with van der Waals surface area (Å²) >= 11 is 0. The van der Waals surface area contributed by atoms with Crippen LogP contribution in [0.15, 0.2) is 55.4 Å². The van der Waals surface area contributed by atoms with E-state index in [1.54, 1.807) is 16.6 Å². The average molecular weight is 543 g/mol. The van der Waals surface area contributed by atoms with Crippen molar-refractivity contribution in [1.29, 1.82) is 5.26 Å². The van der Waals surface area contributed by atoms with Gasteiger partial charge in [0.15, 0.2) is 0 Å². The molecule has 4 aromatic heterocycles. The molecule has 11 heteroatoms. The number of rotatable bonds is 8. The Morgan fingerprint density at radius 2 is 1.93 bits per heavy atom. The Labute approximate surface area is 231 Å². The molecule has 1 atom stereocenters. The van der Waals surface area contributed by atoms with Gasteiger partial charge in [-0.05, 0) is 75.3 Å². The Morgan fingerprint density at radius 1 is 1.20 bits per heavy atom. The molecule has 0 unspecified atom stereocenters. The molecule has 1 amide bonds. The van der Waals surface area contributed by atoms with Crippen molar-refractivity contribution in [2.45, 2.75) is 63.3 Å². The molecule has 1 saturated carbocycles. The Bertz CT molecular complexity index is 1550. The summed E-state index contributed by atoms with van der Waals surface area (Å²) in [7, 11) is 0. The Hall–Kier alpha value is -4.43. The predicted octanol–water partition coefficient (Wildman–Crippen LogP) is 3.80. The fraction of sp³-hybridized carbons (Fsp3) is 0.379. The van der Waals surface area contributed by atoms with Gasteiger partial charge in [0.25, 0.3) is 5.91 Å². The van der Waals surface area contributed by atoms with Gasteiger partial charge in [-0.25, -0.2) is 18.9 Å². The van der Waals surface area contributed by atoms with E-state index in [-0.39, 0.29) is 24.1 Å². The van der Waals surface area contributed by atoms with E-state index in [4.69, 9.17) is 5.73 Å². The first-order valence-corrected chi connectivity index (χ1v) is 13.2. The molecule has 3 N–H and O–H groups in total. The van der Waals surface area contributed by atoms with Gasteiger partial charge < -0.3 is 15.7 Å². The number of alkyl halides is 1. The fourth-order valence-electron chi connectivity index (χ4n) is 5.35. The number of nitrogens with two attached hydrogens (primary N) is 1. The number of aromatic nitrogens is 5. The summed E-state index contributed by atoms with van der Waals surface area (Å²) < 4.78 is 17.1. The van der Waals surface area contributed by atoms with Gasteiger partial charge in [0, 0.05) is 24.6 Å². The second-order valence-corrected chi connectivity index (χ2v) is 10.8. The van der Waals surface area contributed by atoms with Gasteiger partial charge in [0.1, 0.15) is 18.6 Å². The van der Waals surface area contributed by atoms with Gasteiger partial charge in [0.05, 0.1) is 52.1 Å². The molecule has 40 heavy (non-hydrogen) atoms. The highest BCUT2D eigenvalue weighted by molar-refractivity contribution is 5.99. The SMILES string of the molecule is CC(C)(O)[C@H](F)CN(c1cc(-c2ccc3cc(C#N)cnn23)ncc1C(N)=O)C1CCC(c2cncnc2)CC1. The average Bonchev–Trinajstić information content (AvgIpc) is 3.38. The number of fused-ring (bicyclic) bond motifs is 1. The van der Waals surface area contributed by atoms with E-state index in [0.29, 0.717) is 28.2 Å². The lowest BCUT2D eigenvalue weighted by molar-refractivity contribution is -0.000439. The van der Waals surface area contributed by atoms with Crippen molar-refractivity contribution >= 4 is 17.1 Å². The number of nitrogens with zero attached hydrogens (tertiary/aromatic N) is 7. The van der Waals surface area contributed by atoms with E-state index in [0.717, 1.165) is 31.2 Å². The molecule has 10 nitrogen and oxygen atoms in total. The summed E-state index contributed by atoms with van der Waals surface area (Å²) in [5, 5.41) is 24.1. The van der Waals surface area contributed by atoms with Crippen molar-refractivity contribution in [3.05, 3.63) is 72.1 Å². The number of aliphatic hydroxyl groups is 1. The minimum absolute atomic E-state index is 0.102. The van der Waals surface area contributed by atoms with Crippen molar-refractivity contribution in [3.8, 4) is 17.5 Å². The standard InChI is InChI=1S/C29H31FN8O2/c1-29(2,40)27(30)16-37(21-5-3-19(4-6-21)20-13-33-17-34-14-20)26-10-24(35-15-23(26)28(32)39)25-8-7-22-9-18(11-31)12-36-38(22)25/h7-10,12-15,17,19,21,27,40H,3-6,16H2,1-2H3,(H2,32,39)/t19?,21?,27-/m1/s1. The number of pyridine rings is 1. The Kier molecular flexibility index (Phi) is 7.45. The molecule has 1 aliphatic rings. The zero-order valence-electron chi connectivity index (χ0n) is 22.4.